The van der Waals surface area contributed by atoms with Crippen LogP contribution in [0.4, 0.5) is 0 Å². The standard InChI is InChI=1S/C7H10O4/c1-3-5(7(10)11)4(2)6(8)9/h3H2,1-2H3,(H,8,9)(H,10,11)/p-2/b5-4-. The minimum absolute atomic E-state index is 0.127. The maximum Gasteiger partial charge on any atom is 0.0678 e. The first-order chi connectivity index (χ1) is 5.00. The molecule has 0 aromatic rings. The molecule has 0 unspecified atom stereocenters. The fourth-order valence-electron chi connectivity index (χ4n) is 0.686. The van der Waals surface area contributed by atoms with Crippen LogP contribution in [0.5, 0.6) is 0 Å². The van der Waals surface area contributed by atoms with E-state index in [0.717, 1.165) is 0 Å². The van der Waals surface area contributed by atoms with Crippen molar-refractivity contribution in [3.05, 3.63) is 11.1 Å². The van der Waals surface area contributed by atoms with Crippen LogP contribution < -0.4 is 10.2 Å². The topological polar surface area (TPSA) is 80.3 Å². The van der Waals surface area contributed by atoms with Crippen molar-refractivity contribution >= 4 is 11.9 Å². The molecule has 0 fully saturated rings. The van der Waals surface area contributed by atoms with Crippen LogP contribution in [-0.2, 0) is 9.59 Å². The van der Waals surface area contributed by atoms with Gasteiger partial charge >= 0.3 is 0 Å². The van der Waals surface area contributed by atoms with Crippen LogP contribution in [-0.4, -0.2) is 11.9 Å². The summed E-state index contributed by atoms with van der Waals surface area (Å²) in [6, 6.07) is 0. The molecule has 0 bridgehead atoms. The van der Waals surface area contributed by atoms with Gasteiger partial charge in [0.1, 0.15) is 0 Å². The molecule has 4 heteroatoms. The summed E-state index contributed by atoms with van der Waals surface area (Å²) in [5, 5.41) is 20.4. The van der Waals surface area contributed by atoms with Gasteiger partial charge in [0.05, 0.1) is 11.9 Å². The van der Waals surface area contributed by atoms with Gasteiger partial charge in [0.15, 0.2) is 0 Å². The summed E-state index contributed by atoms with van der Waals surface area (Å²) in [4.78, 5) is 20.4. The molecule has 0 saturated carbocycles. The van der Waals surface area contributed by atoms with Crippen molar-refractivity contribution in [3.8, 4) is 0 Å². The monoisotopic (exact) mass is 156 g/mol. The Morgan fingerprint density at radius 1 is 1.18 bits per heavy atom. The van der Waals surface area contributed by atoms with E-state index in [0.29, 0.717) is 0 Å². The Balaban J connectivity index is 4.83. The smallest absolute Gasteiger partial charge is 0.0678 e. The van der Waals surface area contributed by atoms with E-state index in [9.17, 15) is 19.8 Å². The number of carbonyl (C=O) groups excluding carboxylic acids is 2. The number of rotatable bonds is 3. The molecule has 11 heavy (non-hydrogen) atoms. The normalized spacial score (nSPS) is 12.2. The van der Waals surface area contributed by atoms with Crippen LogP contribution in [0.25, 0.3) is 0 Å². The van der Waals surface area contributed by atoms with Gasteiger partial charge in [0.25, 0.3) is 0 Å². The van der Waals surface area contributed by atoms with Gasteiger partial charge in [0.2, 0.25) is 0 Å². The molecule has 0 saturated heterocycles. The first kappa shape index (κ1) is 9.68. The Kier molecular flexibility index (Phi) is 3.30. The Hall–Kier alpha value is -1.32. The van der Waals surface area contributed by atoms with Gasteiger partial charge in [-0.2, -0.15) is 0 Å². The third-order valence-electron chi connectivity index (χ3n) is 1.36. The first-order valence-corrected chi connectivity index (χ1v) is 3.13. The average Bonchev–Trinajstić information content (AvgIpc) is 1.88. The van der Waals surface area contributed by atoms with E-state index in [4.69, 9.17) is 0 Å². The second kappa shape index (κ2) is 3.75. The SMILES string of the molecule is CC/C(C(=O)[O-])=C(\C)C(=O)[O-]. The van der Waals surface area contributed by atoms with Crippen molar-refractivity contribution < 1.29 is 19.8 Å². The zero-order valence-electron chi connectivity index (χ0n) is 6.34. The molecule has 0 atom stereocenters. The minimum atomic E-state index is -1.47. The summed E-state index contributed by atoms with van der Waals surface area (Å²) < 4.78 is 0. The van der Waals surface area contributed by atoms with Crippen molar-refractivity contribution in [3.63, 3.8) is 0 Å². The molecule has 0 spiro atoms. The van der Waals surface area contributed by atoms with E-state index in [1.54, 1.807) is 0 Å². The molecule has 0 aliphatic heterocycles. The Bertz CT molecular complexity index is 214. The largest absolute Gasteiger partial charge is 0.545 e. The molecule has 62 valence electrons. The summed E-state index contributed by atoms with van der Waals surface area (Å²) in [6.45, 7) is 2.72. The number of carbonyl (C=O) groups is 2. The molecule has 0 radical (unpaired) electrons. The quantitative estimate of drug-likeness (QED) is 0.452. The minimum Gasteiger partial charge on any atom is -0.545 e. The van der Waals surface area contributed by atoms with Crippen molar-refractivity contribution in [2.24, 2.45) is 0 Å². The summed E-state index contributed by atoms with van der Waals surface area (Å²) in [5.41, 5.74) is -0.488. The number of hydrogen-bond donors (Lipinski definition) is 0. The maximum absolute atomic E-state index is 10.2. The van der Waals surface area contributed by atoms with Crippen LogP contribution >= 0.6 is 0 Å². The molecule has 0 amide bonds. The lowest BCUT2D eigenvalue weighted by atomic mass is 10.1. The summed E-state index contributed by atoms with van der Waals surface area (Å²) in [5.74, 6) is -2.92. The Labute approximate surface area is 64.2 Å². The maximum atomic E-state index is 10.2. The number of hydrogen-bond acceptors (Lipinski definition) is 4. The van der Waals surface area contributed by atoms with Gasteiger partial charge in [-0.05, 0) is 24.5 Å². The highest BCUT2D eigenvalue weighted by molar-refractivity contribution is 5.96. The van der Waals surface area contributed by atoms with E-state index in [2.05, 4.69) is 0 Å². The highest BCUT2D eigenvalue weighted by Crippen LogP contribution is 2.05. The number of aliphatic carboxylic acids is 2. The van der Waals surface area contributed by atoms with Gasteiger partial charge in [-0.25, -0.2) is 0 Å². The highest BCUT2D eigenvalue weighted by atomic mass is 16.4. The third-order valence-corrected chi connectivity index (χ3v) is 1.36. The molecule has 0 aromatic carbocycles. The molecular weight excluding hydrogens is 148 g/mol. The van der Waals surface area contributed by atoms with Crippen molar-refractivity contribution in [2.45, 2.75) is 20.3 Å². The molecule has 0 heterocycles. The van der Waals surface area contributed by atoms with E-state index in [1.807, 2.05) is 0 Å². The first-order valence-electron chi connectivity index (χ1n) is 3.13. The number of carboxylic acid groups (broad SMARTS) is 2. The average molecular weight is 156 g/mol. The van der Waals surface area contributed by atoms with Gasteiger partial charge in [-0.15, -0.1) is 0 Å². The van der Waals surface area contributed by atoms with Gasteiger partial charge in [-0.1, -0.05) is 6.92 Å². The molecule has 0 rings (SSSR count). The lowest BCUT2D eigenvalue weighted by molar-refractivity contribution is -0.304. The molecule has 0 aliphatic carbocycles. The van der Waals surface area contributed by atoms with Crippen LogP contribution in [0.1, 0.15) is 20.3 Å². The zero-order chi connectivity index (χ0) is 9.02. The molecule has 0 aliphatic rings. The second-order valence-corrected chi connectivity index (χ2v) is 2.03. The van der Waals surface area contributed by atoms with Crippen LogP contribution in [0.2, 0.25) is 0 Å². The van der Waals surface area contributed by atoms with Crippen molar-refractivity contribution in [1.29, 1.82) is 0 Å². The highest BCUT2D eigenvalue weighted by Gasteiger charge is 2.01. The van der Waals surface area contributed by atoms with Gasteiger partial charge in [0, 0.05) is 0 Å². The molecule has 0 N–H and O–H groups in total. The van der Waals surface area contributed by atoms with Crippen molar-refractivity contribution in [1.82, 2.24) is 0 Å². The third kappa shape index (κ3) is 2.41. The van der Waals surface area contributed by atoms with Crippen LogP contribution in [0.15, 0.2) is 11.1 Å². The zero-order valence-corrected chi connectivity index (χ0v) is 6.34. The predicted octanol–water partition coefficient (Wildman–Crippen LogP) is -1.79. The summed E-state index contributed by atoms with van der Waals surface area (Å²) in [6.07, 6.45) is 0.127. The van der Waals surface area contributed by atoms with E-state index in [-0.39, 0.29) is 17.6 Å². The summed E-state index contributed by atoms with van der Waals surface area (Å²) >= 11 is 0. The second-order valence-electron chi connectivity index (χ2n) is 2.03. The predicted molar refractivity (Wildman–Crippen MR) is 33.0 cm³/mol. The van der Waals surface area contributed by atoms with Gasteiger partial charge < -0.3 is 19.8 Å². The van der Waals surface area contributed by atoms with Crippen LogP contribution in [0.3, 0.4) is 0 Å². The summed E-state index contributed by atoms with van der Waals surface area (Å²) in [7, 11) is 0. The Morgan fingerprint density at radius 3 is 1.73 bits per heavy atom. The molecular formula is C7H8O4-2. The fraction of sp³-hybridized carbons (Fsp3) is 0.429. The fourth-order valence-corrected chi connectivity index (χ4v) is 0.686. The van der Waals surface area contributed by atoms with E-state index >= 15 is 0 Å². The van der Waals surface area contributed by atoms with Crippen molar-refractivity contribution in [2.75, 3.05) is 0 Å². The van der Waals surface area contributed by atoms with Crippen LogP contribution in [0, 0.1) is 0 Å². The lowest BCUT2D eigenvalue weighted by Crippen LogP contribution is -2.30. The van der Waals surface area contributed by atoms with E-state index in [1.165, 1.54) is 13.8 Å². The van der Waals surface area contributed by atoms with Gasteiger partial charge in [-0.3, -0.25) is 0 Å². The molecule has 4 nitrogen and oxygen atoms in total. The number of carboxylic acids is 2. The molecule has 0 aromatic heterocycles. The lowest BCUT2D eigenvalue weighted by Gasteiger charge is -2.11. The Morgan fingerprint density at radius 2 is 1.64 bits per heavy atom. The van der Waals surface area contributed by atoms with E-state index < -0.39 is 11.9 Å².